The van der Waals surface area contributed by atoms with Crippen LogP contribution in [0.25, 0.3) is 26.1 Å². The molecule has 5 aromatic rings. The van der Waals surface area contributed by atoms with Crippen LogP contribution >= 0.6 is 11.3 Å². The minimum absolute atomic E-state index is 0.252. The standard InChI is InChI=1S/C19H16F3N7S/c1-9-6-10(2)24-18-14(9)15-16(30-18)17-25-13(27-29(17)8-23-15)4-5-28-11(3)7-12(26-28)19(20,21)22/h6-8H,4-5H2,1-3H3. The lowest BCUT2D eigenvalue weighted by Crippen LogP contribution is -2.10. The number of nitrogens with zero attached hydrogens (tertiary/aromatic N) is 7. The number of hydrogen-bond acceptors (Lipinski definition) is 6. The van der Waals surface area contributed by atoms with Crippen molar-refractivity contribution in [2.45, 2.75) is 39.9 Å². The van der Waals surface area contributed by atoms with E-state index in [-0.39, 0.29) is 6.54 Å². The largest absolute Gasteiger partial charge is 0.435 e. The Morgan fingerprint density at radius 3 is 2.60 bits per heavy atom. The quantitative estimate of drug-likeness (QED) is 0.427. The topological polar surface area (TPSA) is 73.8 Å². The molecule has 0 unspecified atom stereocenters. The summed E-state index contributed by atoms with van der Waals surface area (Å²) in [6, 6.07) is 3.07. The molecule has 0 spiro atoms. The van der Waals surface area contributed by atoms with Crippen molar-refractivity contribution >= 4 is 37.4 Å². The van der Waals surface area contributed by atoms with Crippen molar-refractivity contribution in [3.63, 3.8) is 0 Å². The Balaban J connectivity index is 1.52. The highest BCUT2D eigenvalue weighted by molar-refractivity contribution is 7.26. The molecule has 5 heterocycles. The molecule has 0 aliphatic heterocycles. The zero-order valence-electron chi connectivity index (χ0n) is 16.3. The Hall–Kier alpha value is -3.08. The number of rotatable bonds is 3. The van der Waals surface area contributed by atoms with Crippen molar-refractivity contribution in [1.29, 1.82) is 0 Å². The second kappa shape index (κ2) is 6.46. The van der Waals surface area contributed by atoms with Crippen LogP contribution in [0.5, 0.6) is 0 Å². The first-order valence-electron chi connectivity index (χ1n) is 9.23. The maximum Gasteiger partial charge on any atom is 0.435 e. The molecule has 0 aromatic carbocycles. The molecule has 0 amide bonds. The van der Waals surface area contributed by atoms with Gasteiger partial charge in [0.05, 0.1) is 5.52 Å². The van der Waals surface area contributed by atoms with E-state index in [1.54, 1.807) is 17.8 Å². The first-order valence-corrected chi connectivity index (χ1v) is 10.0. The normalized spacial score (nSPS) is 12.6. The molecule has 0 N–H and O–H groups in total. The maximum atomic E-state index is 12.9. The third-order valence-electron chi connectivity index (χ3n) is 4.96. The predicted octanol–water partition coefficient (Wildman–Crippen LogP) is 4.27. The molecule has 154 valence electrons. The molecular weight excluding hydrogens is 415 g/mol. The second-order valence-electron chi connectivity index (χ2n) is 7.22. The molecule has 0 fully saturated rings. The van der Waals surface area contributed by atoms with Gasteiger partial charge < -0.3 is 0 Å². The van der Waals surface area contributed by atoms with Crippen LogP contribution in [0.15, 0.2) is 18.5 Å². The molecule has 30 heavy (non-hydrogen) atoms. The summed E-state index contributed by atoms with van der Waals surface area (Å²) < 4.78 is 42.4. The van der Waals surface area contributed by atoms with Crippen molar-refractivity contribution < 1.29 is 13.2 Å². The van der Waals surface area contributed by atoms with Crippen LogP contribution in [0.4, 0.5) is 13.2 Å². The highest BCUT2D eigenvalue weighted by Gasteiger charge is 2.34. The number of pyridine rings is 1. The number of hydrogen-bond donors (Lipinski definition) is 0. The van der Waals surface area contributed by atoms with Gasteiger partial charge in [0.25, 0.3) is 0 Å². The number of alkyl halides is 3. The first kappa shape index (κ1) is 18.9. The minimum atomic E-state index is -4.46. The zero-order chi connectivity index (χ0) is 21.2. The van der Waals surface area contributed by atoms with Crippen molar-refractivity contribution in [2.24, 2.45) is 0 Å². The van der Waals surface area contributed by atoms with Crippen molar-refractivity contribution in [3.05, 3.63) is 46.9 Å². The van der Waals surface area contributed by atoms with Crippen LogP contribution in [-0.2, 0) is 19.1 Å². The van der Waals surface area contributed by atoms with Crippen LogP contribution in [0.2, 0.25) is 0 Å². The molecule has 0 bridgehead atoms. The van der Waals surface area contributed by atoms with Gasteiger partial charge in [0.1, 0.15) is 15.9 Å². The zero-order valence-corrected chi connectivity index (χ0v) is 17.1. The van der Waals surface area contributed by atoms with Gasteiger partial charge in [-0.05, 0) is 38.5 Å². The lowest BCUT2D eigenvalue weighted by atomic mass is 10.1. The summed E-state index contributed by atoms with van der Waals surface area (Å²) in [5, 5.41) is 9.11. The Morgan fingerprint density at radius 2 is 1.87 bits per heavy atom. The van der Waals surface area contributed by atoms with Gasteiger partial charge in [-0.15, -0.1) is 16.4 Å². The molecule has 0 saturated carbocycles. The third-order valence-corrected chi connectivity index (χ3v) is 6.02. The maximum absolute atomic E-state index is 12.9. The first-order chi connectivity index (χ1) is 14.2. The number of fused-ring (bicyclic) bond motifs is 5. The van der Waals surface area contributed by atoms with Crippen molar-refractivity contribution in [2.75, 3.05) is 0 Å². The van der Waals surface area contributed by atoms with E-state index in [9.17, 15) is 13.2 Å². The SMILES string of the molecule is Cc1cc(C)c2c(n1)sc1c2ncn2nc(CCn3nc(C(F)(F)F)cc3C)nc12. The highest BCUT2D eigenvalue weighted by atomic mass is 32.1. The number of thiophene rings is 1. The van der Waals surface area contributed by atoms with Gasteiger partial charge in [0.15, 0.2) is 17.2 Å². The molecule has 11 heteroatoms. The minimum Gasteiger partial charge on any atom is -0.269 e. The molecule has 0 atom stereocenters. The van der Waals surface area contributed by atoms with Crippen molar-refractivity contribution in [1.82, 2.24) is 34.3 Å². The molecule has 7 nitrogen and oxygen atoms in total. The lowest BCUT2D eigenvalue weighted by Gasteiger charge is -2.02. The fraction of sp³-hybridized carbons (Fsp3) is 0.316. The van der Waals surface area contributed by atoms with Crippen LogP contribution in [0.1, 0.15) is 28.5 Å². The Bertz CT molecular complexity index is 1430. The van der Waals surface area contributed by atoms with E-state index in [1.165, 1.54) is 16.0 Å². The summed E-state index contributed by atoms with van der Waals surface area (Å²) in [5.74, 6) is 0.520. The molecule has 0 saturated heterocycles. The smallest absolute Gasteiger partial charge is 0.269 e. The van der Waals surface area contributed by atoms with E-state index >= 15 is 0 Å². The molecule has 0 radical (unpaired) electrons. The number of aryl methyl sites for hydroxylation is 5. The van der Waals surface area contributed by atoms with Gasteiger partial charge in [-0.3, -0.25) is 4.68 Å². The van der Waals surface area contributed by atoms with Gasteiger partial charge in [-0.25, -0.2) is 19.5 Å². The Morgan fingerprint density at radius 1 is 1.07 bits per heavy atom. The van der Waals surface area contributed by atoms with Gasteiger partial charge in [-0.1, -0.05) is 0 Å². The predicted molar refractivity (Wildman–Crippen MR) is 107 cm³/mol. The van der Waals surface area contributed by atoms with E-state index in [0.29, 0.717) is 23.6 Å². The van der Waals surface area contributed by atoms with Gasteiger partial charge in [-0.2, -0.15) is 18.3 Å². The second-order valence-corrected chi connectivity index (χ2v) is 8.22. The van der Waals surface area contributed by atoms with Gasteiger partial charge in [0, 0.05) is 29.7 Å². The Kier molecular flexibility index (Phi) is 4.07. The third kappa shape index (κ3) is 3.00. The molecule has 5 rings (SSSR count). The van der Waals surface area contributed by atoms with E-state index in [2.05, 4.69) is 25.1 Å². The molecular formula is C19H16F3N7S. The average Bonchev–Trinajstić information content (AvgIpc) is 3.32. The van der Waals surface area contributed by atoms with Crippen LogP contribution in [-0.4, -0.2) is 34.3 Å². The summed E-state index contributed by atoms with van der Waals surface area (Å²) >= 11 is 1.52. The monoisotopic (exact) mass is 431 g/mol. The van der Waals surface area contributed by atoms with E-state index in [1.807, 2.05) is 19.9 Å². The van der Waals surface area contributed by atoms with E-state index in [0.717, 1.165) is 37.8 Å². The Labute approximate surface area is 172 Å². The van der Waals surface area contributed by atoms with Crippen LogP contribution in [0.3, 0.4) is 0 Å². The summed E-state index contributed by atoms with van der Waals surface area (Å²) in [7, 11) is 0. The van der Waals surface area contributed by atoms with Gasteiger partial charge in [0.2, 0.25) is 0 Å². The van der Waals surface area contributed by atoms with Crippen molar-refractivity contribution in [3.8, 4) is 0 Å². The lowest BCUT2D eigenvalue weighted by molar-refractivity contribution is -0.141. The summed E-state index contributed by atoms with van der Waals surface area (Å²) in [6.07, 6.45) is -2.49. The van der Waals surface area contributed by atoms with Crippen LogP contribution < -0.4 is 0 Å². The van der Waals surface area contributed by atoms with E-state index < -0.39 is 11.9 Å². The summed E-state index contributed by atoms with van der Waals surface area (Å²) in [6.45, 7) is 5.84. The number of halogens is 3. The summed E-state index contributed by atoms with van der Waals surface area (Å²) in [4.78, 5) is 14.7. The molecule has 5 aromatic heterocycles. The molecule has 0 aliphatic carbocycles. The highest BCUT2D eigenvalue weighted by Crippen LogP contribution is 2.35. The van der Waals surface area contributed by atoms with E-state index in [4.69, 9.17) is 0 Å². The fourth-order valence-electron chi connectivity index (χ4n) is 3.60. The average molecular weight is 431 g/mol. The summed E-state index contributed by atoms with van der Waals surface area (Å²) in [5.41, 5.74) is 3.11. The van der Waals surface area contributed by atoms with Crippen LogP contribution in [0, 0.1) is 20.8 Å². The molecule has 0 aliphatic rings. The van der Waals surface area contributed by atoms with Gasteiger partial charge >= 0.3 is 6.18 Å². The number of aromatic nitrogens is 7. The fourth-order valence-corrected chi connectivity index (χ4v) is 4.82.